The zero-order valence-electron chi connectivity index (χ0n) is 8.05. The predicted octanol–water partition coefficient (Wildman–Crippen LogP) is 1.31. The highest BCUT2D eigenvalue weighted by Gasteiger charge is 2.10. The Morgan fingerprint density at radius 1 is 1.31 bits per heavy atom. The van der Waals surface area contributed by atoms with E-state index in [2.05, 4.69) is 16.6 Å². The van der Waals surface area contributed by atoms with Gasteiger partial charge in [0.05, 0.1) is 6.61 Å². The number of carbonyl (C=O) groups is 2. The van der Waals surface area contributed by atoms with Gasteiger partial charge in [-0.25, -0.2) is 4.79 Å². The molecule has 0 amide bonds. The molecule has 0 fully saturated rings. The Bertz CT molecular complexity index is 232. The zero-order chi connectivity index (χ0) is 10.1. The molecule has 0 spiro atoms. The first-order valence-corrected chi connectivity index (χ1v) is 4.42. The van der Waals surface area contributed by atoms with Crippen LogP contribution in [0.3, 0.4) is 0 Å². The van der Waals surface area contributed by atoms with Crippen molar-refractivity contribution in [1.29, 1.82) is 0 Å². The molecular formula is C10H14O3. The molecule has 0 aromatic carbocycles. The van der Waals surface area contributed by atoms with Crippen LogP contribution < -0.4 is 0 Å². The Hall–Kier alpha value is -1.30. The standard InChI is InChI=1S/C10H14O3/c1-3-5-6-7-8-9(11)10(12)13-4-2/h3-6H2,1-2H3. The summed E-state index contributed by atoms with van der Waals surface area (Å²) in [7, 11) is 0. The van der Waals surface area contributed by atoms with E-state index in [0.717, 1.165) is 12.8 Å². The maximum absolute atomic E-state index is 10.8. The summed E-state index contributed by atoms with van der Waals surface area (Å²) in [5, 5.41) is 0. The first kappa shape index (κ1) is 11.7. The van der Waals surface area contributed by atoms with E-state index >= 15 is 0 Å². The number of ether oxygens (including phenoxy) is 1. The molecule has 0 rings (SSSR count). The van der Waals surface area contributed by atoms with E-state index in [0.29, 0.717) is 6.42 Å². The Kier molecular flexibility index (Phi) is 6.62. The molecule has 0 saturated carbocycles. The van der Waals surface area contributed by atoms with Crippen LogP contribution in [0.1, 0.15) is 33.1 Å². The second kappa shape index (κ2) is 7.35. The molecule has 0 unspecified atom stereocenters. The molecule has 13 heavy (non-hydrogen) atoms. The Labute approximate surface area is 78.5 Å². The molecule has 72 valence electrons. The molecule has 0 aliphatic rings. The Morgan fingerprint density at radius 3 is 2.54 bits per heavy atom. The molecule has 3 nitrogen and oxygen atoms in total. The molecule has 0 aromatic heterocycles. The van der Waals surface area contributed by atoms with Crippen LogP contribution in [0.15, 0.2) is 0 Å². The molecule has 3 heteroatoms. The van der Waals surface area contributed by atoms with E-state index in [9.17, 15) is 9.59 Å². The third-order valence-electron chi connectivity index (χ3n) is 1.32. The number of carbonyl (C=O) groups excluding carboxylic acids is 2. The third-order valence-corrected chi connectivity index (χ3v) is 1.32. The highest BCUT2D eigenvalue weighted by atomic mass is 16.5. The number of hydrogen-bond acceptors (Lipinski definition) is 3. The summed E-state index contributed by atoms with van der Waals surface area (Å²) < 4.78 is 4.47. The van der Waals surface area contributed by atoms with Crippen LogP contribution in [0.4, 0.5) is 0 Å². The lowest BCUT2D eigenvalue weighted by atomic mass is 10.2. The van der Waals surface area contributed by atoms with Crippen LogP contribution in [0.5, 0.6) is 0 Å². The van der Waals surface area contributed by atoms with Crippen LogP contribution in [0.25, 0.3) is 0 Å². The number of hydrogen-bond donors (Lipinski definition) is 0. The number of rotatable bonds is 4. The van der Waals surface area contributed by atoms with Crippen molar-refractivity contribution in [3.8, 4) is 11.8 Å². The van der Waals surface area contributed by atoms with E-state index in [1.54, 1.807) is 6.92 Å². The van der Waals surface area contributed by atoms with E-state index in [1.165, 1.54) is 0 Å². The van der Waals surface area contributed by atoms with Crippen molar-refractivity contribution in [2.75, 3.05) is 6.61 Å². The molecule has 0 N–H and O–H groups in total. The minimum absolute atomic E-state index is 0.210. The van der Waals surface area contributed by atoms with Crippen molar-refractivity contribution in [3.05, 3.63) is 0 Å². The zero-order valence-corrected chi connectivity index (χ0v) is 8.05. The van der Waals surface area contributed by atoms with Crippen LogP contribution >= 0.6 is 0 Å². The summed E-state index contributed by atoms with van der Waals surface area (Å²) in [6.45, 7) is 3.89. The van der Waals surface area contributed by atoms with Gasteiger partial charge in [-0.1, -0.05) is 19.3 Å². The van der Waals surface area contributed by atoms with Gasteiger partial charge < -0.3 is 4.74 Å². The van der Waals surface area contributed by atoms with Gasteiger partial charge in [0.1, 0.15) is 0 Å². The predicted molar refractivity (Wildman–Crippen MR) is 48.9 cm³/mol. The van der Waals surface area contributed by atoms with Gasteiger partial charge in [0, 0.05) is 6.42 Å². The van der Waals surface area contributed by atoms with E-state index in [-0.39, 0.29) is 6.61 Å². The highest BCUT2D eigenvalue weighted by molar-refractivity contribution is 6.40. The van der Waals surface area contributed by atoms with Crippen molar-refractivity contribution < 1.29 is 14.3 Å². The third kappa shape index (κ3) is 5.92. The minimum atomic E-state index is -0.855. The second-order valence-electron chi connectivity index (χ2n) is 2.45. The maximum atomic E-state index is 10.8. The molecule has 0 atom stereocenters. The van der Waals surface area contributed by atoms with Crippen molar-refractivity contribution in [2.45, 2.75) is 33.1 Å². The van der Waals surface area contributed by atoms with Crippen LogP contribution in [0.2, 0.25) is 0 Å². The monoisotopic (exact) mass is 182 g/mol. The lowest BCUT2D eigenvalue weighted by Gasteiger charge is -1.93. The van der Waals surface area contributed by atoms with Crippen LogP contribution in [-0.4, -0.2) is 18.4 Å². The fraction of sp³-hybridized carbons (Fsp3) is 0.600. The van der Waals surface area contributed by atoms with Crippen molar-refractivity contribution in [1.82, 2.24) is 0 Å². The maximum Gasteiger partial charge on any atom is 0.388 e. The van der Waals surface area contributed by atoms with Crippen LogP contribution in [0, 0.1) is 11.8 Å². The lowest BCUT2D eigenvalue weighted by Crippen LogP contribution is -2.14. The summed E-state index contributed by atoms with van der Waals surface area (Å²) in [5.74, 6) is 3.26. The molecule has 0 aliphatic heterocycles. The molecule has 0 saturated heterocycles. The van der Waals surface area contributed by atoms with Gasteiger partial charge in [0.2, 0.25) is 0 Å². The summed E-state index contributed by atoms with van der Waals surface area (Å²) >= 11 is 0. The molecule has 0 heterocycles. The van der Waals surface area contributed by atoms with E-state index < -0.39 is 11.8 Å². The minimum Gasteiger partial charge on any atom is -0.459 e. The Morgan fingerprint density at radius 2 is 2.00 bits per heavy atom. The summed E-state index contributed by atoms with van der Waals surface area (Å²) in [6.07, 6.45) is 2.63. The summed E-state index contributed by atoms with van der Waals surface area (Å²) in [5.41, 5.74) is 0. The average molecular weight is 182 g/mol. The van der Waals surface area contributed by atoms with Crippen LogP contribution in [-0.2, 0) is 14.3 Å². The SMILES string of the molecule is CCCCC#CC(=O)C(=O)OCC. The van der Waals surface area contributed by atoms with Gasteiger partial charge in [-0.2, -0.15) is 0 Å². The topological polar surface area (TPSA) is 43.4 Å². The van der Waals surface area contributed by atoms with Gasteiger partial charge in [-0.3, -0.25) is 4.79 Å². The van der Waals surface area contributed by atoms with E-state index in [1.807, 2.05) is 6.92 Å². The smallest absolute Gasteiger partial charge is 0.388 e. The van der Waals surface area contributed by atoms with Gasteiger partial charge in [0.25, 0.3) is 0 Å². The van der Waals surface area contributed by atoms with Crippen molar-refractivity contribution in [3.63, 3.8) is 0 Å². The number of esters is 1. The van der Waals surface area contributed by atoms with Gasteiger partial charge in [-0.05, 0) is 19.3 Å². The first-order chi connectivity index (χ1) is 6.22. The first-order valence-electron chi connectivity index (χ1n) is 4.42. The molecule has 0 radical (unpaired) electrons. The molecule has 0 aromatic rings. The number of Topliss-reactive ketones (excluding diaryl/α,β-unsaturated/α-hetero) is 1. The van der Waals surface area contributed by atoms with Crippen molar-refractivity contribution in [2.24, 2.45) is 0 Å². The Balaban J connectivity index is 3.82. The summed E-state index contributed by atoms with van der Waals surface area (Å²) in [6, 6.07) is 0. The number of ketones is 1. The lowest BCUT2D eigenvalue weighted by molar-refractivity contribution is -0.150. The quantitative estimate of drug-likeness (QED) is 0.216. The van der Waals surface area contributed by atoms with Gasteiger partial charge >= 0.3 is 11.8 Å². The summed E-state index contributed by atoms with van der Waals surface area (Å²) in [4.78, 5) is 21.6. The largest absolute Gasteiger partial charge is 0.459 e. The van der Waals surface area contributed by atoms with Gasteiger partial charge in [-0.15, -0.1) is 0 Å². The van der Waals surface area contributed by atoms with Gasteiger partial charge in [0.15, 0.2) is 0 Å². The average Bonchev–Trinajstić information content (AvgIpc) is 2.12. The number of unbranched alkanes of at least 4 members (excludes halogenated alkanes) is 2. The van der Waals surface area contributed by atoms with E-state index in [4.69, 9.17) is 0 Å². The molecule has 0 aliphatic carbocycles. The fourth-order valence-corrected chi connectivity index (χ4v) is 0.656. The van der Waals surface area contributed by atoms with Crippen molar-refractivity contribution >= 4 is 11.8 Å². The normalized spacial score (nSPS) is 8.46. The second-order valence-corrected chi connectivity index (χ2v) is 2.45. The fourth-order valence-electron chi connectivity index (χ4n) is 0.656. The molecular weight excluding hydrogens is 168 g/mol. The molecule has 0 bridgehead atoms. The highest BCUT2D eigenvalue weighted by Crippen LogP contribution is 1.90.